The first-order chi connectivity index (χ1) is 10.7. The van der Waals surface area contributed by atoms with Gasteiger partial charge in [0.25, 0.3) is 0 Å². The highest BCUT2D eigenvalue weighted by Gasteiger charge is 2.22. The second-order valence-electron chi connectivity index (χ2n) is 5.79. The number of ether oxygens (including phenoxy) is 1. The van der Waals surface area contributed by atoms with Gasteiger partial charge in [-0.3, -0.25) is 4.90 Å². The van der Waals surface area contributed by atoms with Crippen molar-refractivity contribution in [2.75, 3.05) is 26.2 Å². The van der Waals surface area contributed by atoms with Gasteiger partial charge in [0.1, 0.15) is 5.75 Å². The molecule has 0 radical (unpaired) electrons. The topological polar surface area (TPSA) is 24.5 Å². The molecule has 0 spiro atoms. The van der Waals surface area contributed by atoms with E-state index in [0.717, 1.165) is 47.4 Å². The average molecular weight is 434 g/mol. The van der Waals surface area contributed by atoms with Crippen molar-refractivity contribution in [1.82, 2.24) is 10.2 Å². The van der Waals surface area contributed by atoms with E-state index in [1.54, 1.807) is 0 Å². The van der Waals surface area contributed by atoms with Crippen LogP contribution in [-0.4, -0.2) is 37.2 Å². The summed E-state index contributed by atoms with van der Waals surface area (Å²) in [6, 6.07) is 4.99. The summed E-state index contributed by atoms with van der Waals surface area (Å²) in [5.74, 6) is 0.901. The van der Waals surface area contributed by atoms with Gasteiger partial charge in [-0.15, -0.1) is 0 Å². The molecule has 1 fully saturated rings. The maximum atomic E-state index is 5.77. The summed E-state index contributed by atoms with van der Waals surface area (Å²) < 4.78 is 7.80. The molecule has 124 valence electrons. The number of nitrogens with one attached hydrogen (secondary N) is 1. The van der Waals surface area contributed by atoms with E-state index in [-0.39, 0.29) is 0 Å². The van der Waals surface area contributed by atoms with Crippen molar-refractivity contribution in [2.45, 2.75) is 45.7 Å². The van der Waals surface area contributed by atoms with E-state index < -0.39 is 0 Å². The quantitative estimate of drug-likeness (QED) is 0.649. The molecular formula is C17H26Br2N2O. The minimum absolute atomic E-state index is 0.698. The maximum Gasteiger partial charge on any atom is 0.147 e. The van der Waals surface area contributed by atoms with Crippen LogP contribution in [0.3, 0.4) is 0 Å². The highest BCUT2D eigenvalue weighted by atomic mass is 79.9. The van der Waals surface area contributed by atoms with Crippen LogP contribution in [-0.2, 0) is 6.54 Å². The third-order valence-corrected chi connectivity index (χ3v) is 5.30. The molecule has 22 heavy (non-hydrogen) atoms. The van der Waals surface area contributed by atoms with E-state index in [4.69, 9.17) is 4.74 Å². The average Bonchev–Trinajstić information content (AvgIpc) is 2.94. The van der Waals surface area contributed by atoms with Crippen LogP contribution in [0.4, 0.5) is 0 Å². The van der Waals surface area contributed by atoms with Crippen molar-refractivity contribution in [3.8, 4) is 5.75 Å². The molecule has 5 heteroatoms. The van der Waals surface area contributed by atoms with Gasteiger partial charge in [-0.25, -0.2) is 0 Å². The molecule has 1 aliphatic heterocycles. The number of likely N-dealkylation sites (N-methyl/N-ethyl adjacent to an activating group) is 1. The van der Waals surface area contributed by atoms with Crippen molar-refractivity contribution in [3.63, 3.8) is 0 Å². The summed E-state index contributed by atoms with van der Waals surface area (Å²) in [7, 11) is 0. The lowest BCUT2D eigenvalue weighted by molar-refractivity contribution is 0.260. The van der Waals surface area contributed by atoms with Gasteiger partial charge in [0.15, 0.2) is 0 Å². The molecule has 3 nitrogen and oxygen atoms in total. The summed E-state index contributed by atoms with van der Waals surface area (Å²) in [4.78, 5) is 2.57. The Kier molecular flexibility index (Phi) is 7.68. The summed E-state index contributed by atoms with van der Waals surface area (Å²) in [5, 5.41) is 3.60. The molecule has 1 heterocycles. The van der Waals surface area contributed by atoms with Gasteiger partial charge in [-0.2, -0.15) is 0 Å². The van der Waals surface area contributed by atoms with Crippen molar-refractivity contribution >= 4 is 31.9 Å². The predicted molar refractivity (Wildman–Crippen MR) is 99.6 cm³/mol. The lowest BCUT2D eigenvalue weighted by Gasteiger charge is -2.23. The normalized spacial score (nSPS) is 18.8. The highest BCUT2D eigenvalue weighted by Crippen LogP contribution is 2.34. The summed E-state index contributed by atoms with van der Waals surface area (Å²) in [5.41, 5.74) is 1.27. The van der Waals surface area contributed by atoms with Gasteiger partial charge in [-0.05, 0) is 81.9 Å². The number of hydrogen-bond acceptors (Lipinski definition) is 3. The van der Waals surface area contributed by atoms with Crippen LogP contribution in [0.15, 0.2) is 21.1 Å². The van der Waals surface area contributed by atoms with Crippen LogP contribution in [0.2, 0.25) is 0 Å². The molecule has 1 aromatic carbocycles. The molecule has 2 rings (SSSR count). The van der Waals surface area contributed by atoms with E-state index in [1.165, 1.54) is 24.9 Å². The minimum Gasteiger partial charge on any atom is -0.491 e. The molecule has 0 aromatic heterocycles. The Hall–Kier alpha value is -0.100. The fourth-order valence-electron chi connectivity index (χ4n) is 2.98. The zero-order valence-electron chi connectivity index (χ0n) is 13.5. The van der Waals surface area contributed by atoms with E-state index in [2.05, 4.69) is 68.1 Å². The molecule has 0 amide bonds. The molecule has 1 atom stereocenters. The highest BCUT2D eigenvalue weighted by molar-refractivity contribution is 9.11. The number of hydrogen-bond donors (Lipinski definition) is 1. The van der Waals surface area contributed by atoms with Gasteiger partial charge in [0.05, 0.1) is 15.6 Å². The molecule has 1 N–H and O–H groups in total. The molecule has 1 aliphatic rings. The van der Waals surface area contributed by atoms with E-state index >= 15 is 0 Å². The van der Waals surface area contributed by atoms with Gasteiger partial charge in [0, 0.05) is 19.1 Å². The van der Waals surface area contributed by atoms with Crippen LogP contribution in [0.5, 0.6) is 5.75 Å². The SMILES string of the molecule is CCCOc1c(Br)cc(CNCC2CCCN2CC)cc1Br. The standard InChI is InChI=1S/C17H26Br2N2O/c1-3-8-22-17-15(18)9-13(10-16(17)19)11-20-12-14-6-5-7-21(14)4-2/h9-10,14,20H,3-8,11-12H2,1-2H3. The Balaban J connectivity index is 1.88. The first-order valence-corrected chi connectivity index (χ1v) is 9.79. The smallest absolute Gasteiger partial charge is 0.147 e. The van der Waals surface area contributed by atoms with Crippen LogP contribution in [0.1, 0.15) is 38.7 Å². The van der Waals surface area contributed by atoms with Crippen molar-refractivity contribution < 1.29 is 4.74 Å². The number of rotatable bonds is 8. The number of nitrogens with zero attached hydrogens (tertiary/aromatic N) is 1. The van der Waals surface area contributed by atoms with Gasteiger partial charge in [-0.1, -0.05) is 13.8 Å². The number of likely N-dealkylation sites (tertiary alicyclic amines) is 1. The zero-order chi connectivity index (χ0) is 15.9. The van der Waals surface area contributed by atoms with Crippen molar-refractivity contribution in [2.24, 2.45) is 0 Å². The van der Waals surface area contributed by atoms with Crippen LogP contribution >= 0.6 is 31.9 Å². The lowest BCUT2D eigenvalue weighted by atomic mass is 10.2. The molecular weight excluding hydrogens is 408 g/mol. The Morgan fingerprint density at radius 1 is 1.27 bits per heavy atom. The van der Waals surface area contributed by atoms with Gasteiger partial charge in [0.2, 0.25) is 0 Å². The first kappa shape index (κ1) is 18.2. The summed E-state index contributed by atoms with van der Waals surface area (Å²) >= 11 is 7.23. The van der Waals surface area contributed by atoms with E-state index in [9.17, 15) is 0 Å². The Morgan fingerprint density at radius 3 is 2.64 bits per heavy atom. The minimum atomic E-state index is 0.698. The van der Waals surface area contributed by atoms with Crippen LogP contribution in [0, 0.1) is 0 Å². The van der Waals surface area contributed by atoms with Gasteiger partial charge >= 0.3 is 0 Å². The Bertz CT molecular complexity index is 459. The number of benzene rings is 1. The summed E-state index contributed by atoms with van der Waals surface area (Å²) in [6.45, 7) is 9.47. The largest absolute Gasteiger partial charge is 0.491 e. The molecule has 1 saturated heterocycles. The van der Waals surface area contributed by atoms with E-state index in [0.29, 0.717) is 6.04 Å². The molecule has 1 unspecified atom stereocenters. The Labute approximate surface area is 151 Å². The van der Waals surface area contributed by atoms with Gasteiger partial charge < -0.3 is 10.1 Å². The monoisotopic (exact) mass is 432 g/mol. The fourth-order valence-corrected chi connectivity index (χ4v) is 4.49. The van der Waals surface area contributed by atoms with Crippen LogP contribution in [0.25, 0.3) is 0 Å². The van der Waals surface area contributed by atoms with Crippen molar-refractivity contribution in [3.05, 3.63) is 26.6 Å². The molecule has 0 saturated carbocycles. The third kappa shape index (κ3) is 4.95. The maximum absolute atomic E-state index is 5.77. The zero-order valence-corrected chi connectivity index (χ0v) is 16.7. The Morgan fingerprint density at radius 2 is 2.00 bits per heavy atom. The molecule has 0 aliphatic carbocycles. The fraction of sp³-hybridized carbons (Fsp3) is 0.647. The third-order valence-electron chi connectivity index (χ3n) is 4.12. The molecule has 1 aromatic rings. The first-order valence-electron chi connectivity index (χ1n) is 8.21. The van der Waals surface area contributed by atoms with Crippen LogP contribution < -0.4 is 10.1 Å². The predicted octanol–water partition coefficient (Wildman–Crippen LogP) is 4.57. The van der Waals surface area contributed by atoms with Crippen molar-refractivity contribution in [1.29, 1.82) is 0 Å². The van der Waals surface area contributed by atoms with E-state index in [1.807, 2.05) is 0 Å². The number of halogens is 2. The second-order valence-corrected chi connectivity index (χ2v) is 7.50. The second kappa shape index (κ2) is 9.26. The lowest BCUT2D eigenvalue weighted by Crippen LogP contribution is -2.37. The molecule has 0 bridgehead atoms. The summed E-state index contributed by atoms with van der Waals surface area (Å²) in [6.07, 6.45) is 3.66.